The van der Waals surface area contributed by atoms with Crippen LogP contribution in [0, 0.1) is 5.92 Å². The third-order valence-corrected chi connectivity index (χ3v) is 6.25. The van der Waals surface area contributed by atoms with Crippen LogP contribution in [0.2, 0.25) is 0 Å². The monoisotopic (exact) mass is 394 g/mol. The third-order valence-electron chi connectivity index (χ3n) is 6.25. The van der Waals surface area contributed by atoms with Gasteiger partial charge in [-0.2, -0.15) is 5.10 Å². The fourth-order valence-electron chi connectivity index (χ4n) is 4.57. The molecule has 1 N–H and O–H groups in total. The van der Waals surface area contributed by atoms with Gasteiger partial charge >= 0.3 is 0 Å². The molecule has 6 heteroatoms. The summed E-state index contributed by atoms with van der Waals surface area (Å²) >= 11 is 0. The minimum atomic E-state index is 0.00412. The highest BCUT2D eigenvalue weighted by Crippen LogP contribution is 2.30. The van der Waals surface area contributed by atoms with Crippen LogP contribution in [0.5, 0.6) is 0 Å². The van der Waals surface area contributed by atoms with Gasteiger partial charge in [-0.3, -0.25) is 9.59 Å². The van der Waals surface area contributed by atoms with E-state index in [4.69, 9.17) is 0 Å². The van der Waals surface area contributed by atoms with Crippen molar-refractivity contribution in [2.75, 3.05) is 18.4 Å². The Bertz CT molecular complexity index is 818. The molecule has 0 spiro atoms. The van der Waals surface area contributed by atoms with Crippen LogP contribution in [-0.4, -0.2) is 39.6 Å². The molecule has 2 amide bonds. The van der Waals surface area contributed by atoms with Crippen LogP contribution >= 0.6 is 0 Å². The van der Waals surface area contributed by atoms with Crippen LogP contribution in [0.15, 0.2) is 42.6 Å². The Morgan fingerprint density at radius 3 is 2.45 bits per heavy atom. The molecule has 4 rings (SSSR count). The lowest BCUT2D eigenvalue weighted by Crippen LogP contribution is -2.42. The second-order valence-electron chi connectivity index (χ2n) is 8.23. The lowest BCUT2D eigenvalue weighted by Gasteiger charge is -2.34. The van der Waals surface area contributed by atoms with Crippen molar-refractivity contribution in [2.45, 2.75) is 57.4 Å². The number of piperidine rings is 1. The minimum Gasteiger partial charge on any atom is -0.342 e. The molecule has 6 nitrogen and oxygen atoms in total. The van der Waals surface area contributed by atoms with Gasteiger partial charge in [0.15, 0.2) is 0 Å². The Morgan fingerprint density at radius 2 is 1.72 bits per heavy atom. The Kier molecular flexibility index (Phi) is 6.27. The number of aryl methyl sites for hydroxylation is 1. The van der Waals surface area contributed by atoms with E-state index >= 15 is 0 Å². The number of benzene rings is 1. The first-order chi connectivity index (χ1) is 14.2. The van der Waals surface area contributed by atoms with Gasteiger partial charge in [0.05, 0.1) is 12.2 Å². The van der Waals surface area contributed by atoms with Crippen LogP contribution in [0.4, 0.5) is 5.82 Å². The van der Waals surface area contributed by atoms with Crippen molar-refractivity contribution in [3.8, 4) is 0 Å². The molecule has 2 aliphatic rings. The van der Waals surface area contributed by atoms with E-state index < -0.39 is 0 Å². The molecule has 1 aliphatic heterocycles. The van der Waals surface area contributed by atoms with Gasteiger partial charge < -0.3 is 10.2 Å². The van der Waals surface area contributed by atoms with Gasteiger partial charge in [-0.25, -0.2) is 4.68 Å². The zero-order chi connectivity index (χ0) is 20.1. The summed E-state index contributed by atoms with van der Waals surface area (Å²) in [6, 6.07) is 12.1. The second kappa shape index (κ2) is 9.25. The predicted molar refractivity (Wildman–Crippen MR) is 112 cm³/mol. The molecule has 0 bridgehead atoms. The second-order valence-corrected chi connectivity index (χ2v) is 8.23. The van der Waals surface area contributed by atoms with Gasteiger partial charge in [-0.05, 0) is 37.7 Å². The molecule has 0 radical (unpaired) electrons. The number of aromatic nitrogens is 2. The summed E-state index contributed by atoms with van der Waals surface area (Å²) in [5.74, 6) is 1.35. The number of nitrogens with zero attached hydrogens (tertiary/aromatic N) is 3. The van der Waals surface area contributed by atoms with E-state index in [0.29, 0.717) is 12.3 Å². The maximum Gasteiger partial charge on any atom is 0.225 e. The first-order valence-corrected chi connectivity index (χ1v) is 10.9. The van der Waals surface area contributed by atoms with Gasteiger partial charge in [0, 0.05) is 31.5 Å². The molecule has 0 atom stereocenters. The molecule has 2 aromatic rings. The van der Waals surface area contributed by atoms with Crippen molar-refractivity contribution >= 4 is 17.6 Å². The zero-order valence-corrected chi connectivity index (χ0v) is 16.9. The largest absolute Gasteiger partial charge is 0.342 e. The van der Waals surface area contributed by atoms with Crippen molar-refractivity contribution < 1.29 is 9.59 Å². The number of amides is 2. The molecule has 29 heavy (non-hydrogen) atoms. The van der Waals surface area contributed by atoms with Gasteiger partial charge in [0.25, 0.3) is 0 Å². The SMILES string of the molecule is O=C(CCc1ccccc1)Nc1ccnn1C1CCN(C(=O)C2CCCC2)CC1. The van der Waals surface area contributed by atoms with Crippen molar-refractivity contribution in [1.29, 1.82) is 0 Å². The lowest BCUT2D eigenvalue weighted by molar-refractivity contribution is -0.136. The normalized spacial score (nSPS) is 18.1. The Balaban J connectivity index is 1.29. The maximum absolute atomic E-state index is 12.6. The summed E-state index contributed by atoms with van der Waals surface area (Å²) in [5, 5.41) is 7.47. The third kappa shape index (κ3) is 4.86. The standard InChI is InChI=1S/C23H30N4O2/c28-22(11-10-18-6-2-1-3-7-18)25-21-12-15-24-27(21)20-13-16-26(17-14-20)23(29)19-8-4-5-9-19/h1-3,6-7,12,15,19-20H,4-5,8-11,13-14,16-17H2,(H,25,28). The number of rotatable bonds is 6. The van der Waals surface area contributed by atoms with E-state index in [-0.39, 0.29) is 17.9 Å². The first-order valence-electron chi connectivity index (χ1n) is 10.9. The molecule has 2 fully saturated rings. The number of anilines is 1. The average Bonchev–Trinajstić information content (AvgIpc) is 3.45. The fraction of sp³-hybridized carbons (Fsp3) is 0.522. The molecule has 154 valence electrons. The van der Waals surface area contributed by atoms with E-state index in [1.54, 1.807) is 6.20 Å². The van der Waals surface area contributed by atoms with E-state index in [1.165, 1.54) is 12.8 Å². The Hall–Kier alpha value is -2.63. The van der Waals surface area contributed by atoms with E-state index in [2.05, 4.69) is 10.4 Å². The highest BCUT2D eigenvalue weighted by molar-refractivity contribution is 5.90. The number of nitrogens with one attached hydrogen (secondary N) is 1. The smallest absolute Gasteiger partial charge is 0.225 e. The Labute approximate surface area is 172 Å². The summed E-state index contributed by atoms with van der Waals surface area (Å²) in [6.45, 7) is 1.56. The van der Waals surface area contributed by atoms with Gasteiger partial charge in [0.1, 0.15) is 5.82 Å². The summed E-state index contributed by atoms with van der Waals surface area (Å²) in [6.07, 6.45) is 9.16. The van der Waals surface area contributed by atoms with Crippen LogP contribution in [0.3, 0.4) is 0 Å². The van der Waals surface area contributed by atoms with Crippen molar-refractivity contribution in [3.05, 3.63) is 48.2 Å². The molecule has 1 saturated heterocycles. The quantitative estimate of drug-likeness (QED) is 0.810. The summed E-state index contributed by atoms with van der Waals surface area (Å²) in [4.78, 5) is 27.1. The highest BCUT2D eigenvalue weighted by atomic mass is 16.2. The van der Waals surface area contributed by atoms with Crippen LogP contribution in [-0.2, 0) is 16.0 Å². The van der Waals surface area contributed by atoms with Gasteiger partial charge in [-0.1, -0.05) is 43.2 Å². The average molecular weight is 395 g/mol. The van der Waals surface area contributed by atoms with E-state index in [9.17, 15) is 9.59 Å². The minimum absolute atomic E-state index is 0.00412. The van der Waals surface area contributed by atoms with Crippen LogP contribution in [0.1, 0.15) is 56.6 Å². The molecule has 1 saturated carbocycles. The summed E-state index contributed by atoms with van der Waals surface area (Å²) < 4.78 is 1.93. The first kappa shape index (κ1) is 19.7. The van der Waals surface area contributed by atoms with Crippen molar-refractivity contribution in [1.82, 2.24) is 14.7 Å². The molecule has 0 unspecified atom stereocenters. The highest BCUT2D eigenvalue weighted by Gasteiger charge is 2.31. The number of hydrogen-bond donors (Lipinski definition) is 1. The number of hydrogen-bond acceptors (Lipinski definition) is 3. The van der Waals surface area contributed by atoms with Gasteiger partial charge in [0.2, 0.25) is 11.8 Å². The number of likely N-dealkylation sites (tertiary alicyclic amines) is 1. The number of carbonyl (C=O) groups is 2. The Morgan fingerprint density at radius 1 is 1.00 bits per heavy atom. The zero-order valence-electron chi connectivity index (χ0n) is 16.9. The maximum atomic E-state index is 12.6. The van der Waals surface area contributed by atoms with E-state index in [0.717, 1.165) is 56.6 Å². The molecular formula is C23H30N4O2. The molecule has 1 aromatic heterocycles. The van der Waals surface area contributed by atoms with Gasteiger partial charge in [-0.15, -0.1) is 0 Å². The molecular weight excluding hydrogens is 364 g/mol. The summed E-state index contributed by atoms with van der Waals surface area (Å²) in [7, 11) is 0. The molecule has 1 aliphatic carbocycles. The summed E-state index contributed by atoms with van der Waals surface area (Å²) in [5.41, 5.74) is 1.16. The number of carbonyl (C=O) groups excluding carboxylic acids is 2. The predicted octanol–water partition coefficient (Wildman–Crippen LogP) is 3.81. The lowest BCUT2D eigenvalue weighted by atomic mass is 10.0. The fourth-order valence-corrected chi connectivity index (χ4v) is 4.57. The molecule has 1 aromatic carbocycles. The molecule has 2 heterocycles. The van der Waals surface area contributed by atoms with Crippen molar-refractivity contribution in [2.24, 2.45) is 5.92 Å². The van der Waals surface area contributed by atoms with Crippen LogP contribution < -0.4 is 5.32 Å². The van der Waals surface area contributed by atoms with Crippen LogP contribution in [0.25, 0.3) is 0 Å². The van der Waals surface area contributed by atoms with Crippen molar-refractivity contribution in [3.63, 3.8) is 0 Å². The topological polar surface area (TPSA) is 67.2 Å². The van der Waals surface area contributed by atoms with E-state index in [1.807, 2.05) is 46.0 Å².